The second-order valence-corrected chi connectivity index (χ2v) is 5.47. The molecule has 0 radical (unpaired) electrons. The van der Waals surface area contributed by atoms with Crippen molar-refractivity contribution in [2.24, 2.45) is 0 Å². The Morgan fingerprint density at radius 3 is 2.94 bits per heavy atom. The van der Waals surface area contributed by atoms with E-state index in [1.54, 1.807) is 13.1 Å². The van der Waals surface area contributed by atoms with Gasteiger partial charge in [-0.2, -0.15) is 0 Å². The van der Waals surface area contributed by atoms with Crippen LogP contribution in [0.25, 0.3) is 0 Å². The van der Waals surface area contributed by atoms with Crippen molar-refractivity contribution >= 4 is 22.3 Å². The molecule has 0 aromatic carbocycles. The van der Waals surface area contributed by atoms with Gasteiger partial charge >= 0.3 is 0 Å². The standard InChI is InChI=1S/C12H18N2OS/c1-4-10-6-5-8(2)14(10)12-13-7-11(16-12)9(3)15/h7-8,10H,4-6H2,1-3H3. The highest BCUT2D eigenvalue weighted by Crippen LogP contribution is 2.34. The molecule has 0 saturated carbocycles. The average Bonchev–Trinajstić information content (AvgIpc) is 2.83. The molecule has 1 saturated heterocycles. The SMILES string of the molecule is CCC1CCC(C)N1c1ncc(C(C)=O)s1. The maximum Gasteiger partial charge on any atom is 0.186 e. The van der Waals surface area contributed by atoms with Gasteiger partial charge in [0.05, 0.1) is 11.1 Å². The number of anilines is 1. The van der Waals surface area contributed by atoms with Crippen LogP contribution in [0, 0.1) is 0 Å². The predicted molar refractivity (Wildman–Crippen MR) is 67.4 cm³/mol. The van der Waals surface area contributed by atoms with E-state index in [4.69, 9.17) is 0 Å². The first-order chi connectivity index (χ1) is 7.63. The summed E-state index contributed by atoms with van der Waals surface area (Å²) in [6, 6.07) is 1.15. The first kappa shape index (κ1) is 11.6. The molecule has 0 spiro atoms. The van der Waals surface area contributed by atoms with Crippen LogP contribution < -0.4 is 4.90 Å². The highest BCUT2D eigenvalue weighted by atomic mass is 32.1. The smallest absolute Gasteiger partial charge is 0.186 e. The summed E-state index contributed by atoms with van der Waals surface area (Å²) >= 11 is 1.53. The Balaban J connectivity index is 2.24. The van der Waals surface area contributed by atoms with Crippen molar-refractivity contribution in [3.8, 4) is 0 Å². The fourth-order valence-electron chi connectivity index (χ4n) is 2.36. The van der Waals surface area contributed by atoms with Gasteiger partial charge in [-0.05, 0) is 26.2 Å². The minimum atomic E-state index is 0.114. The summed E-state index contributed by atoms with van der Waals surface area (Å²) in [4.78, 5) is 18.8. The van der Waals surface area contributed by atoms with Crippen LogP contribution in [0.4, 0.5) is 5.13 Å². The maximum atomic E-state index is 11.3. The van der Waals surface area contributed by atoms with Gasteiger partial charge in [0.2, 0.25) is 0 Å². The number of rotatable bonds is 3. The maximum absolute atomic E-state index is 11.3. The van der Waals surface area contributed by atoms with Gasteiger partial charge < -0.3 is 4.90 Å². The van der Waals surface area contributed by atoms with E-state index in [9.17, 15) is 4.79 Å². The molecule has 2 heterocycles. The summed E-state index contributed by atoms with van der Waals surface area (Å²) in [5.41, 5.74) is 0. The van der Waals surface area contributed by atoms with E-state index in [-0.39, 0.29) is 5.78 Å². The van der Waals surface area contributed by atoms with Crippen molar-refractivity contribution in [1.29, 1.82) is 0 Å². The molecule has 4 heteroatoms. The topological polar surface area (TPSA) is 33.2 Å². The number of thiazole rings is 1. The molecular formula is C12H18N2OS. The van der Waals surface area contributed by atoms with Crippen molar-refractivity contribution in [2.75, 3.05) is 4.90 Å². The molecule has 3 nitrogen and oxygen atoms in total. The summed E-state index contributed by atoms with van der Waals surface area (Å²) in [6.45, 7) is 6.06. The number of carbonyl (C=O) groups excluding carboxylic acids is 1. The zero-order chi connectivity index (χ0) is 11.7. The highest BCUT2D eigenvalue weighted by Gasteiger charge is 2.31. The zero-order valence-corrected chi connectivity index (χ0v) is 10.9. The van der Waals surface area contributed by atoms with E-state index in [1.165, 1.54) is 24.2 Å². The van der Waals surface area contributed by atoms with Crippen LogP contribution in [0.5, 0.6) is 0 Å². The van der Waals surface area contributed by atoms with Crippen LogP contribution >= 0.6 is 11.3 Å². The van der Waals surface area contributed by atoms with Gasteiger partial charge in [0.15, 0.2) is 10.9 Å². The summed E-state index contributed by atoms with van der Waals surface area (Å²) in [5, 5.41) is 1.02. The molecule has 0 amide bonds. The molecule has 88 valence electrons. The van der Waals surface area contributed by atoms with Gasteiger partial charge in [-0.1, -0.05) is 18.3 Å². The van der Waals surface area contributed by atoms with E-state index >= 15 is 0 Å². The van der Waals surface area contributed by atoms with Gasteiger partial charge in [0.25, 0.3) is 0 Å². The zero-order valence-electron chi connectivity index (χ0n) is 10.1. The summed E-state index contributed by atoms with van der Waals surface area (Å²) < 4.78 is 0. The number of hydrogen-bond donors (Lipinski definition) is 0. The third-order valence-electron chi connectivity index (χ3n) is 3.32. The molecular weight excluding hydrogens is 220 g/mol. The third kappa shape index (κ3) is 1.98. The fraction of sp³-hybridized carbons (Fsp3) is 0.667. The van der Waals surface area contributed by atoms with E-state index < -0.39 is 0 Å². The first-order valence-corrected chi connectivity index (χ1v) is 6.70. The predicted octanol–water partition coefficient (Wildman–Crippen LogP) is 3.11. The van der Waals surface area contributed by atoms with E-state index in [1.807, 2.05) is 0 Å². The van der Waals surface area contributed by atoms with Gasteiger partial charge in [-0.15, -0.1) is 0 Å². The van der Waals surface area contributed by atoms with Crippen LogP contribution in [-0.2, 0) is 0 Å². The fourth-order valence-corrected chi connectivity index (χ4v) is 3.35. The highest BCUT2D eigenvalue weighted by molar-refractivity contribution is 7.17. The minimum Gasteiger partial charge on any atom is -0.342 e. The summed E-state index contributed by atoms with van der Waals surface area (Å²) in [6.07, 6.45) is 5.33. The Morgan fingerprint density at radius 1 is 1.62 bits per heavy atom. The second-order valence-electron chi connectivity index (χ2n) is 4.46. The molecule has 0 bridgehead atoms. The molecule has 1 aromatic heterocycles. The number of nitrogens with zero attached hydrogens (tertiary/aromatic N) is 2. The Kier molecular flexibility index (Phi) is 3.28. The quantitative estimate of drug-likeness (QED) is 0.759. The van der Waals surface area contributed by atoms with Crippen LogP contribution in [0.3, 0.4) is 0 Å². The monoisotopic (exact) mass is 238 g/mol. The number of carbonyl (C=O) groups is 1. The lowest BCUT2D eigenvalue weighted by Crippen LogP contribution is -2.33. The van der Waals surface area contributed by atoms with Gasteiger partial charge in [-0.25, -0.2) is 4.98 Å². The van der Waals surface area contributed by atoms with Gasteiger partial charge in [-0.3, -0.25) is 4.79 Å². The van der Waals surface area contributed by atoms with Gasteiger partial charge in [0.1, 0.15) is 0 Å². The van der Waals surface area contributed by atoms with Crippen molar-refractivity contribution in [2.45, 2.75) is 52.1 Å². The molecule has 0 N–H and O–H groups in total. The molecule has 2 atom stereocenters. The summed E-state index contributed by atoms with van der Waals surface area (Å²) in [5.74, 6) is 0.114. The molecule has 1 aliphatic heterocycles. The third-order valence-corrected chi connectivity index (χ3v) is 4.43. The number of hydrogen-bond acceptors (Lipinski definition) is 4. The molecule has 1 aromatic rings. The van der Waals surface area contributed by atoms with Crippen molar-refractivity contribution in [3.05, 3.63) is 11.1 Å². The molecule has 0 aliphatic carbocycles. The van der Waals surface area contributed by atoms with Crippen LogP contribution in [0.15, 0.2) is 6.20 Å². The van der Waals surface area contributed by atoms with E-state index in [0.717, 1.165) is 16.4 Å². The largest absolute Gasteiger partial charge is 0.342 e. The Labute approximate surface area is 100 Å². The van der Waals surface area contributed by atoms with E-state index in [0.29, 0.717) is 12.1 Å². The number of aromatic nitrogens is 1. The van der Waals surface area contributed by atoms with Crippen LogP contribution in [0.1, 0.15) is 49.7 Å². The lowest BCUT2D eigenvalue weighted by molar-refractivity contribution is 0.102. The van der Waals surface area contributed by atoms with Crippen molar-refractivity contribution in [3.63, 3.8) is 0 Å². The number of Topliss-reactive ketones (excluding diaryl/α,β-unsaturated/α-hetero) is 1. The Hall–Kier alpha value is -0.900. The average molecular weight is 238 g/mol. The minimum absolute atomic E-state index is 0.114. The van der Waals surface area contributed by atoms with Crippen LogP contribution in [-0.4, -0.2) is 22.9 Å². The van der Waals surface area contributed by atoms with E-state index in [2.05, 4.69) is 23.7 Å². The second kappa shape index (κ2) is 4.53. The molecule has 1 fully saturated rings. The molecule has 2 unspecified atom stereocenters. The molecule has 2 rings (SSSR count). The Bertz CT molecular complexity index is 388. The van der Waals surface area contributed by atoms with Crippen molar-refractivity contribution in [1.82, 2.24) is 4.98 Å². The van der Waals surface area contributed by atoms with Gasteiger partial charge in [0, 0.05) is 19.0 Å². The normalized spacial score (nSPS) is 25.1. The lowest BCUT2D eigenvalue weighted by atomic mass is 10.2. The lowest BCUT2D eigenvalue weighted by Gasteiger charge is -2.27. The molecule has 1 aliphatic rings. The number of ketones is 1. The first-order valence-electron chi connectivity index (χ1n) is 5.88. The summed E-state index contributed by atoms with van der Waals surface area (Å²) in [7, 11) is 0. The van der Waals surface area contributed by atoms with Crippen LogP contribution in [0.2, 0.25) is 0 Å². The molecule has 16 heavy (non-hydrogen) atoms. The Morgan fingerprint density at radius 2 is 2.38 bits per heavy atom. The van der Waals surface area contributed by atoms with Crippen molar-refractivity contribution < 1.29 is 4.79 Å².